The Morgan fingerprint density at radius 2 is 2.05 bits per heavy atom. The first-order chi connectivity index (χ1) is 10.7. The number of carbonyl (C=O) groups is 1. The van der Waals surface area contributed by atoms with Crippen molar-refractivity contribution in [2.75, 3.05) is 19.0 Å². The zero-order chi connectivity index (χ0) is 15.8. The third-order valence-electron chi connectivity index (χ3n) is 2.82. The number of hydrogen-bond donors (Lipinski definition) is 3. The fourth-order valence-corrected chi connectivity index (χ4v) is 1.71. The summed E-state index contributed by atoms with van der Waals surface area (Å²) in [6, 6.07) is 13.8. The van der Waals surface area contributed by atoms with Gasteiger partial charge in [0.1, 0.15) is 11.5 Å². The Morgan fingerprint density at radius 1 is 1.27 bits per heavy atom. The van der Waals surface area contributed by atoms with Crippen LogP contribution in [0.25, 0.3) is 0 Å². The van der Waals surface area contributed by atoms with Crippen molar-refractivity contribution < 1.29 is 14.6 Å². The summed E-state index contributed by atoms with van der Waals surface area (Å²) >= 11 is 0. The Morgan fingerprint density at radius 3 is 2.73 bits per heavy atom. The predicted molar refractivity (Wildman–Crippen MR) is 85.3 cm³/mol. The van der Waals surface area contributed by atoms with Gasteiger partial charge in [-0.05, 0) is 42.0 Å². The first kappa shape index (κ1) is 15.4. The first-order valence-corrected chi connectivity index (χ1v) is 6.66. The molecule has 114 valence electrons. The summed E-state index contributed by atoms with van der Waals surface area (Å²) in [6.45, 7) is 0.101. The topological polar surface area (TPSA) is 83.0 Å². The molecule has 3 N–H and O–H groups in total. The highest BCUT2D eigenvalue weighted by molar-refractivity contribution is 5.84. The van der Waals surface area contributed by atoms with Crippen LogP contribution in [0.5, 0.6) is 11.5 Å². The number of phenolic OH excluding ortho intramolecular Hbond substituents is 1. The zero-order valence-electron chi connectivity index (χ0n) is 12.1. The number of hydrogen-bond acceptors (Lipinski definition) is 5. The molecule has 0 saturated heterocycles. The SMILES string of the molecule is COc1ccc(NCC(=O)N/N=C/c2cccc(O)c2)cc1. The smallest absolute Gasteiger partial charge is 0.259 e. The lowest BCUT2D eigenvalue weighted by Gasteiger charge is -2.06. The standard InChI is InChI=1S/C16H17N3O3/c1-22-15-7-5-13(6-8-15)17-11-16(21)19-18-10-12-3-2-4-14(20)9-12/h2-10,17,20H,11H2,1H3,(H,19,21)/b18-10+. The lowest BCUT2D eigenvalue weighted by atomic mass is 10.2. The maximum absolute atomic E-state index is 11.6. The molecular weight excluding hydrogens is 282 g/mol. The molecule has 2 aromatic carbocycles. The van der Waals surface area contributed by atoms with Gasteiger partial charge in [-0.3, -0.25) is 4.79 Å². The van der Waals surface area contributed by atoms with Gasteiger partial charge in [-0.2, -0.15) is 5.10 Å². The van der Waals surface area contributed by atoms with Crippen LogP contribution in [0.2, 0.25) is 0 Å². The Balaban J connectivity index is 1.77. The van der Waals surface area contributed by atoms with Crippen molar-refractivity contribution >= 4 is 17.8 Å². The van der Waals surface area contributed by atoms with E-state index in [1.165, 1.54) is 6.21 Å². The molecule has 6 nitrogen and oxygen atoms in total. The van der Waals surface area contributed by atoms with E-state index >= 15 is 0 Å². The predicted octanol–water partition coefficient (Wildman–Crippen LogP) is 1.96. The zero-order valence-corrected chi connectivity index (χ0v) is 12.1. The number of methoxy groups -OCH3 is 1. The normalized spacial score (nSPS) is 10.4. The van der Waals surface area contributed by atoms with E-state index in [2.05, 4.69) is 15.8 Å². The van der Waals surface area contributed by atoms with Crippen molar-refractivity contribution in [3.8, 4) is 11.5 Å². The van der Waals surface area contributed by atoms with Crippen LogP contribution >= 0.6 is 0 Å². The van der Waals surface area contributed by atoms with Crippen LogP contribution in [0.3, 0.4) is 0 Å². The number of rotatable bonds is 6. The largest absolute Gasteiger partial charge is 0.508 e. The summed E-state index contributed by atoms with van der Waals surface area (Å²) in [4.78, 5) is 11.6. The van der Waals surface area contributed by atoms with E-state index in [0.29, 0.717) is 5.56 Å². The molecule has 0 heterocycles. The average molecular weight is 299 g/mol. The molecule has 0 aliphatic carbocycles. The molecule has 0 radical (unpaired) electrons. The number of nitrogens with one attached hydrogen (secondary N) is 2. The Bertz CT molecular complexity index is 654. The summed E-state index contributed by atoms with van der Waals surface area (Å²) in [5, 5.41) is 16.1. The van der Waals surface area contributed by atoms with Gasteiger partial charge in [-0.1, -0.05) is 12.1 Å². The molecule has 2 aromatic rings. The maximum Gasteiger partial charge on any atom is 0.259 e. The molecule has 2 rings (SSSR count). The fourth-order valence-electron chi connectivity index (χ4n) is 1.71. The van der Waals surface area contributed by atoms with Crippen LogP contribution < -0.4 is 15.5 Å². The van der Waals surface area contributed by atoms with Gasteiger partial charge in [0.15, 0.2) is 0 Å². The number of aromatic hydroxyl groups is 1. The second-order valence-corrected chi connectivity index (χ2v) is 4.47. The van der Waals surface area contributed by atoms with Gasteiger partial charge >= 0.3 is 0 Å². The van der Waals surface area contributed by atoms with Crippen LogP contribution in [0.15, 0.2) is 53.6 Å². The molecule has 0 unspecified atom stereocenters. The molecule has 0 fully saturated rings. The molecule has 0 aliphatic rings. The lowest BCUT2D eigenvalue weighted by Crippen LogP contribution is -2.25. The molecule has 6 heteroatoms. The van der Waals surface area contributed by atoms with E-state index in [-0.39, 0.29) is 18.2 Å². The van der Waals surface area contributed by atoms with Gasteiger partial charge in [0.2, 0.25) is 0 Å². The molecule has 1 amide bonds. The molecule has 22 heavy (non-hydrogen) atoms. The van der Waals surface area contributed by atoms with Crippen LogP contribution in [0.4, 0.5) is 5.69 Å². The Hall–Kier alpha value is -3.02. The van der Waals surface area contributed by atoms with Crippen LogP contribution in [-0.2, 0) is 4.79 Å². The van der Waals surface area contributed by atoms with Gasteiger partial charge in [0.05, 0.1) is 19.9 Å². The number of carbonyl (C=O) groups excluding carboxylic acids is 1. The summed E-state index contributed by atoms with van der Waals surface area (Å²) in [7, 11) is 1.60. The molecule has 0 aliphatic heterocycles. The molecule has 0 spiro atoms. The summed E-state index contributed by atoms with van der Waals surface area (Å²) in [6.07, 6.45) is 1.46. The molecular formula is C16H17N3O3. The molecule has 0 aromatic heterocycles. The summed E-state index contributed by atoms with van der Waals surface area (Å²) in [5.41, 5.74) is 3.92. The number of benzene rings is 2. The van der Waals surface area contributed by atoms with E-state index < -0.39 is 0 Å². The van der Waals surface area contributed by atoms with Gasteiger partial charge < -0.3 is 15.2 Å². The third kappa shape index (κ3) is 4.82. The fraction of sp³-hybridized carbons (Fsp3) is 0.125. The maximum atomic E-state index is 11.6. The van der Waals surface area contributed by atoms with Crippen molar-refractivity contribution in [1.29, 1.82) is 0 Å². The van der Waals surface area contributed by atoms with Crippen molar-refractivity contribution in [3.05, 3.63) is 54.1 Å². The number of amides is 1. The van der Waals surface area contributed by atoms with Crippen LogP contribution in [0, 0.1) is 0 Å². The minimum atomic E-state index is -0.271. The van der Waals surface area contributed by atoms with Gasteiger partial charge in [0, 0.05) is 5.69 Å². The third-order valence-corrected chi connectivity index (χ3v) is 2.82. The lowest BCUT2D eigenvalue weighted by molar-refractivity contribution is -0.119. The van der Waals surface area contributed by atoms with Crippen molar-refractivity contribution in [2.45, 2.75) is 0 Å². The van der Waals surface area contributed by atoms with Crippen molar-refractivity contribution in [1.82, 2.24) is 5.43 Å². The number of ether oxygens (including phenoxy) is 1. The molecule has 0 bridgehead atoms. The monoisotopic (exact) mass is 299 g/mol. The van der Waals surface area contributed by atoms with E-state index in [9.17, 15) is 9.90 Å². The summed E-state index contributed by atoms with van der Waals surface area (Å²) in [5.74, 6) is 0.634. The van der Waals surface area contributed by atoms with Gasteiger partial charge in [-0.15, -0.1) is 0 Å². The summed E-state index contributed by atoms with van der Waals surface area (Å²) < 4.78 is 5.05. The number of phenols is 1. The van der Waals surface area contributed by atoms with Gasteiger partial charge in [-0.25, -0.2) is 5.43 Å². The highest BCUT2D eigenvalue weighted by Crippen LogP contribution is 2.14. The minimum absolute atomic E-state index is 0.101. The van der Waals surface area contributed by atoms with E-state index in [1.54, 1.807) is 43.5 Å². The average Bonchev–Trinajstić information content (AvgIpc) is 2.53. The molecule has 0 saturated carbocycles. The minimum Gasteiger partial charge on any atom is -0.508 e. The van der Waals surface area contributed by atoms with Crippen LogP contribution in [-0.4, -0.2) is 30.9 Å². The van der Waals surface area contributed by atoms with Crippen LogP contribution in [0.1, 0.15) is 5.56 Å². The number of nitrogens with zero attached hydrogens (tertiary/aromatic N) is 1. The van der Waals surface area contributed by atoms with E-state index in [0.717, 1.165) is 11.4 Å². The Kier molecular flexibility index (Phi) is 5.37. The quantitative estimate of drug-likeness (QED) is 0.562. The van der Waals surface area contributed by atoms with Crippen molar-refractivity contribution in [2.24, 2.45) is 5.10 Å². The van der Waals surface area contributed by atoms with E-state index in [1.807, 2.05) is 12.1 Å². The van der Waals surface area contributed by atoms with Gasteiger partial charge in [0.25, 0.3) is 5.91 Å². The highest BCUT2D eigenvalue weighted by Gasteiger charge is 2.00. The van der Waals surface area contributed by atoms with Crippen molar-refractivity contribution in [3.63, 3.8) is 0 Å². The number of hydrazone groups is 1. The molecule has 0 atom stereocenters. The number of anilines is 1. The van der Waals surface area contributed by atoms with E-state index in [4.69, 9.17) is 4.74 Å². The highest BCUT2D eigenvalue weighted by atomic mass is 16.5. The Labute approximate surface area is 128 Å². The second-order valence-electron chi connectivity index (χ2n) is 4.47. The second kappa shape index (κ2) is 7.68. The first-order valence-electron chi connectivity index (χ1n) is 6.66.